The van der Waals surface area contributed by atoms with Gasteiger partial charge in [-0.2, -0.15) is 0 Å². The maximum Gasteiger partial charge on any atom is 0.200 e. The summed E-state index contributed by atoms with van der Waals surface area (Å²) in [6.45, 7) is 3.93. The maximum absolute atomic E-state index is 9.49. The van der Waals surface area contributed by atoms with Crippen molar-refractivity contribution in [1.29, 1.82) is 0 Å². The maximum atomic E-state index is 9.49. The smallest absolute Gasteiger partial charge is 0.200 e. The Hall–Kier alpha value is -2.16. The Labute approximate surface area is 99.6 Å². The fourth-order valence-corrected chi connectivity index (χ4v) is 1.81. The second kappa shape index (κ2) is 4.01. The highest BCUT2D eigenvalue weighted by molar-refractivity contribution is 5.73. The van der Waals surface area contributed by atoms with Crippen molar-refractivity contribution in [2.45, 2.75) is 13.8 Å². The number of aryl methyl sites for hydroxylation is 2. The minimum absolute atomic E-state index is 0.319. The molecule has 3 N–H and O–H groups in total. The molecule has 0 saturated carbocycles. The van der Waals surface area contributed by atoms with Gasteiger partial charge in [0.25, 0.3) is 0 Å². The van der Waals surface area contributed by atoms with Crippen molar-refractivity contribution in [1.82, 2.24) is 0 Å². The SMILES string of the molecule is Cc1ccc(C)c(-c2cc(O)c(O)c(O)c2)c1. The summed E-state index contributed by atoms with van der Waals surface area (Å²) in [4.78, 5) is 0. The number of aromatic hydroxyl groups is 3. The number of phenols is 3. The van der Waals surface area contributed by atoms with Gasteiger partial charge in [-0.05, 0) is 42.7 Å². The van der Waals surface area contributed by atoms with Crippen LogP contribution in [-0.2, 0) is 0 Å². The highest BCUT2D eigenvalue weighted by Crippen LogP contribution is 2.39. The second-order valence-electron chi connectivity index (χ2n) is 4.18. The van der Waals surface area contributed by atoms with Crippen LogP contribution in [-0.4, -0.2) is 15.3 Å². The third-order valence-electron chi connectivity index (χ3n) is 2.77. The predicted molar refractivity (Wildman–Crippen MR) is 66.3 cm³/mol. The van der Waals surface area contributed by atoms with Gasteiger partial charge in [0.2, 0.25) is 0 Å². The summed E-state index contributed by atoms with van der Waals surface area (Å²) in [7, 11) is 0. The molecule has 2 aromatic rings. The van der Waals surface area contributed by atoms with E-state index in [0.29, 0.717) is 5.56 Å². The molecule has 0 aliphatic carbocycles. The van der Waals surface area contributed by atoms with Gasteiger partial charge < -0.3 is 15.3 Å². The monoisotopic (exact) mass is 230 g/mol. The molecule has 17 heavy (non-hydrogen) atoms. The molecule has 0 heterocycles. The van der Waals surface area contributed by atoms with Crippen molar-refractivity contribution in [3.8, 4) is 28.4 Å². The summed E-state index contributed by atoms with van der Waals surface area (Å²) in [6, 6.07) is 8.83. The molecule has 2 rings (SSSR count). The van der Waals surface area contributed by atoms with E-state index in [1.165, 1.54) is 12.1 Å². The minimum Gasteiger partial charge on any atom is -0.504 e. The molecular weight excluding hydrogens is 216 g/mol. The lowest BCUT2D eigenvalue weighted by Crippen LogP contribution is -1.85. The van der Waals surface area contributed by atoms with Gasteiger partial charge in [-0.1, -0.05) is 23.8 Å². The lowest BCUT2D eigenvalue weighted by molar-refractivity contribution is 0.368. The number of hydrogen-bond donors (Lipinski definition) is 3. The summed E-state index contributed by atoms with van der Waals surface area (Å²) >= 11 is 0. The van der Waals surface area contributed by atoms with Crippen molar-refractivity contribution in [3.05, 3.63) is 41.5 Å². The van der Waals surface area contributed by atoms with Crippen molar-refractivity contribution >= 4 is 0 Å². The van der Waals surface area contributed by atoms with E-state index in [2.05, 4.69) is 0 Å². The van der Waals surface area contributed by atoms with Crippen LogP contribution in [0.4, 0.5) is 0 Å². The Balaban J connectivity index is 2.64. The lowest BCUT2D eigenvalue weighted by Gasteiger charge is -2.09. The Morgan fingerprint density at radius 1 is 0.824 bits per heavy atom. The Bertz CT molecular complexity index is 551. The van der Waals surface area contributed by atoms with E-state index in [1.807, 2.05) is 32.0 Å². The molecule has 0 bridgehead atoms. The zero-order valence-corrected chi connectivity index (χ0v) is 9.73. The van der Waals surface area contributed by atoms with Gasteiger partial charge in [-0.3, -0.25) is 0 Å². The second-order valence-corrected chi connectivity index (χ2v) is 4.18. The zero-order valence-electron chi connectivity index (χ0n) is 9.73. The molecule has 0 aliphatic rings. The minimum atomic E-state index is -0.487. The van der Waals surface area contributed by atoms with Crippen LogP contribution in [0.15, 0.2) is 30.3 Å². The molecule has 0 amide bonds. The average molecular weight is 230 g/mol. The van der Waals surface area contributed by atoms with E-state index in [-0.39, 0.29) is 11.5 Å². The first-order valence-corrected chi connectivity index (χ1v) is 5.31. The van der Waals surface area contributed by atoms with Gasteiger partial charge in [0.05, 0.1) is 0 Å². The molecule has 0 atom stereocenters. The quantitative estimate of drug-likeness (QED) is 0.660. The van der Waals surface area contributed by atoms with E-state index in [0.717, 1.165) is 16.7 Å². The summed E-state index contributed by atoms with van der Waals surface area (Å²) in [5, 5.41) is 28.3. The zero-order chi connectivity index (χ0) is 12.6. The number of benzene rings is 2. The molecule has 0 saturated heterocycles. The first-order chi connectivity index (χ1) is 7.99. The van der Waals surface area contributed by atoms with Gasteiger partial charge in [-0.25, -0.2) is 0 Å². The molecule has 2 aromatic carbocycles. The lowest BCUT2D eigenvalue weighted by atomic mass is 9.98. The molecular formula is C14H14O3. The fraction of sp³-hybridized carbons (Fsp3) is 0.143. The van der Waals surface area contributed by atoms with Gasteiger partial charge >= 0.3 is 0 Å². The normalized spacial score (nSPS) is 10.5. The molecule has 0 aliphatic heterocycles. The fourth-order valence-electron chi connectivity index (χ4n) is 1.81. The number of rotatable bonds is 1. The molecule has 0 aromatic heterocycles. The molecule has 88 valence electrons. The highest BCUT2D eigenvalue weighted by Gasteiger charge is 2.10. The van der Waals surface area contributed by atoms with E-state index >= 15 is 0 Å². The molecule has 0 unspecified atom stereocenters. The number of phenolic OH excluding ortho intramolecular Hbond substituents is 3. The Kier molecular flexibility index (Phi) is 2.68. The molecule has 3 nitrogen and oxygen atoms in total. The summed E-state index contributed by atoms with van der Waals surface area (Å²) in [6.07, 6.45) is 0. The first-order valence-electron chi connectivity index (χ1n) is 5.31. The van der Waals surface area contributed by atoms with E-state index in [4.69, 9.17) is 0 Å². The standard InChI is InChI=1S/C14H14O3/c1-8-3-4-9(2)11(5-8)10-6-12(15)14(17)13(16)7-10/h3-7,15-17H,1-2H3. The predicted octanol–water partition coefficient (Wildman–Crippen LogP) is 3.09. The summed E-state index contributed by atoms with van der Waals surface area (Å²) in [5.41, 5.74) is 3.74. The third-order valence-corrected chi connectivity index (χ3v) is 2.77. The molecule has 0 spiro atoms. The van der Waals surface area contributed by atoms with Crippen LogP contribution in [0.3, 0.4) is 0 Å². The van der Waals surface area contributed by atoms with Crippen LogP contribution in [0.25, 0.3) is 11.1 Å². The van der Waals surface area contributed by atoms with Crippen LogP contribution < -0.4 is 0 Å². The largest absolute Gasteiger partial charge is 0.504 e. The highest BCUT2D eigenvalue weighted by atomic mass is 16.3. The molecule has 0 fully saturated rings. The first kappa shape index (κ1) is 11.3. The van der Waals surface area contributed by atoms with E-state index in [9.17, 15) is 15.3 Å². The molecule has 3 heteroatoms. The number of hydrogen-bond acceptors (Lipinski definition) is 3. The van der Waals surface area contributed by atoms with E-state index < -0.39 is 5.75 Å². The van der Waals surface area contributed by atoms with Gasteiger partial charge in [0.1, 0.15) is 0 Å². The average Bonchev–Trinajstić information content (AvgIpc) is 2.28. The van der Waals surface area contributed by atoms with Crippen LogP contribution in [0.1, 0.15) is 11.1 Å². The van der Waals surface area contributed by atoms with Gasteiger partial charge in [-0.15, -0.1) is 0 Å². The van der Waals surface area contributed by atoms with Crippen molar-refractivity contribution in [3.63, 3.8) is 0 Å². The van der Waals surface area contributed by atoms with Crippen molar-refractivity contribution in [2.75, 3.05) is 0 Å². The van der Waals surface area contributed by atoms with Crippen LogP contribution in [0, 0.1) is 13.8 Å². The summed E-state index contributed by atoms with van der Waals surface area (Å²) in [5.74, 6) is -1.12. The topological polar surface area (TPSA) is 60.7 Å². The van der Waals surface area contributed by atoms with Crippen molar-refractivity contribution in [2.24, 2.45) is 0 Å². The van der Waals surface area contributed by atoms with Crippen LogP contribution >= 0.6 is 0 Å². The Morgan fingerprint density at radius 2 is 1.41 bits per heavy atom. The van der Waals surface area contributed by atoms with Gasteiger partial charge in [0.15, 0.2) is 17.2 Å². The van der Waals surface area contributed by atoms with Crippen molar-refractivity contribution < 1.29 is 15.3 Å². The van der Waals surface area contributed by atoms with Crippen LogP contribution in [0.2, 0.25) is 0 Å². The van der Waals surface area contributed by atoms with E-state index in [1.54, 1.807) is 0 Å². The Morgan fingerprint density at radius 3 is 2.00 bits per heavy atom. The third kappa shape index (κ3) is 2.04. The van der Waals surface area contributed by atoms with Crippen LogP contribution in [0.5, 0.6) is 17.2 Å². The van der Waals surface area contributed by atoms with Gasteiger partial charge in [0, 0.05) is 0 Å². The summed E-state index contributed by atoms with van der Waals surface area (Å²) < 4.78 is 0. The molecule has 0 radical (unpaired) electrons.